The smallest absolute Gasteiger partial charge is 0.132 e. The Morgan fingerprint density at radius 1 is 0.969 bits per heavy atom. The Morgan fingerprint density at radius 2 is 1.72 bits per heavy atom. The summed E-state index contributed by atoms with van der Waals surface area (Å²) in [5.41, 5.74) is 5.05. The summed E-state index contributed by atoms with van der Waals surface area (Å²) >= 11 is 0. The minimum atomic E-state index is -0.167. The Balaban J connectivity index is 0.00000245. The van der Waals surface area contributed by atoms with Gasteiger partial charge in [0.15, 0.2) is 0 Å². The number of hydrogen-bond acceptors (Lipinski definition) is 6. The van der Waals surface area contributed by atoms with Crippen molar-refractivity contribution >= 4 is 29.7 Å². The van der Waals surface area contributed by atoms with Crippen LogP contribution in [0.1, 0.15) is 42.7 Å². The molecule has 3 aromatic rings. The Morgan fingerprint density at radius 3 is 2.41 bits per heavy atom. The van der Waals surface area contributed by atoms with E-state index in [0.717, 1.165) is 43.0 Å². The molecule has 1 saturated heterocycles. The van der Waals surface area contributed by atoms with Gasteiger partial charge >= 0.3 is 0 Å². The molecule has 0 bridgehead atoms. The molecule has 6 nitrogen and oxygen atoms in total. The summed E-state index contributed by atoms with van der Waals surface area (Å²) in [5, 5.41) is 22.2. The van der Waals surface area contributed by atoms with Crippen molar-refractivity contribution in [2.45, 2.75) is 37.7 Å². The number of nitrogens with one attached hydrogen (secondary N) is 1. The number of hydrogen-bond donors (Lipinski definition) is 2. The van der Waals surface area contributed by atoms with E-state index in [2.05, 4.69) is 57.7 Å². The van der Waals surface area contributed by atoms with E-state index in [4.69, 9.17) is 10.2 Å². The largest absolute Gasteiger partial charge is 0.393 e. The number of aliphatic hydroxyl groups excluding tert-OH is 1. The highest BCUT2D eigenvalue weighted by molar-refractivity contribution is 5.85. The van der Waals surface area contributed by atoms with Crippen LogP contribution in [0, 0.1) is 11.3 Å². The molecule has 0 unspecified atom stereocenters. The second-order valence-corrected chi connectivity index (χ2v) is 8.38. The van der Waals surface area contributed by atoms with E-state index in [1.807, 2.05) is 0 Å². The molecule has 0 spiro atoms. The number of aromatic nitrogens is 2. The molecule has 0 amide bonds. The van der Waals surface area contributed by atoms with Crippen LogP contribution < -0.4 is 10.2 Å². The second kappa shape index (κ2) is 9.56. The number of nitriles is 1. The molecule has 5 rings (SSSR count). The number of piperidine rings is 1. The molecule has 1 aliphatic carbocycles. The number of anilines is 3. The molecule has 32 heavy (non-hydrogen) atoms. The number of benzene rings is 1. The van der Waals surface area contributed by atoms with Crippen LogP contribution in [-0.2, 0) is 0 Å². The van der Waals surface area contributed by atoms with E-state index in [1.54, 1.807) is 18.3 Å². The van der Waals surface area contributed by atoms with Gasteiger partial charge in [-0.3, -0.25) is 0 Å². The van der Waals surface area contributed by atoms with Crippen molar-refractivity contribution in [3.05, 3.63) is 65.9 Å². The summed E-state index contributed by atoms with van der Waals surface area (Å²) in [6.45, 7) is 1.78. The first-order valence-corrected chi connectivity index (χ1v) is 10.9. The number of nitrogens with zero attached hydrogens (tertiary/aromatic N) is 4. The summed E-state index contributed by atoms with van der Waals surface area (Å²) in [7, 11) is 0. The van der Waals surface area contributed by atoms with Crippen molar-refractivity contribution in [2.75, 3.05) is 23.3 Å². The average Bonchev–Trinajstić information content (AvgIpc) is 3.65. The topological polar surface area (TPSA) is 85.1 Å². The Labute approximate surface area is 194 Å². The van der Waals surface area contributed by atoms with Crippen LogP contribution in [0.3, 0.4) is 0 Å². The first-order valence-electron chi connectivity index (χ1n) is 10.9. The van der Waals surface area contributed by atoms with Crippen molar-refractivity contribution in [1.82, 2.24) is 9.97 Å². The first kappa shape index (κ1) is 22.1. The number of rotatable bonds is 5. The fourth-order valence-electron chi connectivity index (χ4n) is 4.08. The van der Waals surface area contributed by atoms with Crippen molar-refractivity contribution < 1.29 is 5.11 Å². The Kier molecular flexibility index (Phi) is 6.59. The van der Waals surface area contributed by atoms with Crippen molar-refractivity contribution in [3.63, 3.8) is 0 Å². The molecule has 0 atom stereocenters. The van der Waals surface area contributed by atoms with Crippen LogP contribution in [0.5, 0.6) is 0 Å². The number of pyridine rings is 2. The summed E-state index contributed by atoms with van der Waals surface area (Å²) in [6.07, 6.45) is 5.53. The minimum Gasteiger partial charge on any atom is -0.393 e. The first-order chi connectivity index (χ1) is 15.2. The van der Waals surface area contributed by atoms with Gasteiger partial charge in [0.1, 0.15) is 11.6 Å². The van der Waals surface area contributed by atoms with E-state index >= 15 is 0 Å². The molecule has 2 N–H and O–H groups in total. The zero-order chi connectivity index (χ0) is 21.2. The highest BCUT2D eigenvalue weighted by Crippen LogP contribution is 2.42. The molecule has 7 heteroatoms. The molecule has 1 aromatic carbocycles. The van der Waals surface area contributed by atoms with Gasteiger partial charge in [-0.05, 0) is 73.6 Å². The lowest BCUT2D eigenvalue weighted by atomic mass is 10.0. The van der Waals surface area contributed by atoms with E-state index in [1.165, 1.54) is 24.1 Å². The molecule has 1 aliphatic heterocycles. The summed E-state index contributed by atoms with van der Waals surface area (Å²) < 4.78 is 0. The SMILES string of the molecule is Cl.N#Cc1ccnc(Nc2cc(C3CC3)cc(-c3ccc(N4CCC(O)CC4)cc3)n2)c1. The normalized spacial score (nSPS) is 16.2. The maximum atomic E-state index is 9.74. The van der Waals surface area contributed by atoms with Gasteiger partial charge in [0.05, 0.1) is 23.4 Å². The predicted molar refractivity (Wildman–Crippen MR) is 129 cm³/mol. The lowest BCUT2D eigenvalue weighted by molar-refractivity contribution is 0.145. The molecule has 3 heterocycles. The molecule has 1 saturated carbocycles. The van der Waals surface area contributed by atoms with Gasteiger partial charge in [-0.1, -0.05) is 12.1 Å². The van der Waals surface area contributed by atoms with Crippen LogP contribution in [0.25, 0.3) is 11.3 Å². The highest BCUT2D eigenvalue weighted by atomic mass is 35.5. The summed E-state index contributed by atoms with van der Waals surface area (Å²) in [4.78, 5) is 11.5. The third-order valence-corrected chi connectivity index (χ3v) is 6.03. The van der Waals surface area contributed by atoms with Crippen LogP contribution in [0.4, 0.5) is 17.3 Å². The van der Waals surface area contributed by atoms with Crippen LogP contribution >= 0.6 is 12.4 Å². The fraction of sp³-hybridized carbons (Fsp3) is 0.320. The molecule has 2 aromatic heterocycles. The van der Waals surface area contributed by atoms with Crippen LogP contribution in [-0.4, -0.2) is 34.3 Å². The van der Waals surface area contributed by atoms with Gasteiger partial charge in [-0.25, -0.2) is 9.97 Å². The maximum absolute atomic E-state index is 9.74. The lowest BCUT2D eigenvalue weighted by Gasteiger charge is -2.31. The van der Waals surface area contributed by atoms with Gasteiger partial charge in [0.25, 0.3) is 0 Å². The number of aliphatic hydroxyl groups is 1. The van der Waals surface area contributed by atoms with Crippen molar-refractivity contribution in [2.24, 2.45) is 0 Å². The maximum Gasteiger partial charge on any atom is 0.132 e. The van der Waals surface area contributed by atoms with Gasteiger partial charge in [-0.15, -0.1) is 12.4 Å². The highest BCUT2D eigenvalue weighted by Gasteiger charge is 2.25. The van der Waals surface area contributed by atoms with Crippen molar-refractivity contribution in [3.8, 4) is 17.3 Å². The molecule has 0 radical (unpaired) electrons. The standard InChI is InChI=1S/C25H25N5O.ClH/c26-16-17-7-10-27-24(13-17)29-25-15-20(18-1-2-18)14-23(28-25)19-3-5-21(6-4-19)30-11-8-22(31)9-12-30;/h3-7,10,13-15,18,22,31H,1-2,8-9,11-12H2,(H,27,28,29);1H. The summed E-state index contributed by atoms with van der Waals surface area (Å²) in [6, 6.07) is 18.4. The van der Waals surface area contributed by atoms with Gasteiger partial charge in [-0.2, -0.15) is 5.26 Å². The molecule has 2 aliphatic rings. The van der Waals surface area contributed by atoms with E-state index in [-0.39, 0.29) is 18.5 Å². The lowest BCUT2D eigenvalue weighted by Crippen LogP contribution is -2.35. The van der Waals surface area contributed by atoms with Gasteiger partial charge in [0.2, 0.25) is 0 Å². The zero-order valence-corrected chi connectivity index (χ0v) is 18.6. The molecule has 2 fully saturated rings. The summed E-state index contributed by atoms with van der Waals surface area (Å²) in [5.74, 6) is 1.96. The molecule has 164 valence electrons. The Bertz CT molecular complexity index is 1120. The van der Waals surface area contributed by atoms with E-state index in [0.29, 0.717) is 17.3 Å². The minimum absolute atomic E-state index is 0. The van der Waals surface area contributed by atoms with Gasteiger partial charge < -0.3 is 15.3 Å². The third-order valence-electron chi connectivity index (χ3n) is 6.03. The van der Waals surface area contributed by atoms with Crippen LogP contribution in [0.2, 0.25) is 0 Å². The van der Waals surface area contributed by atoms with Crippen LogP contribution in [0.15, 0.2) is 54.7 Å². The molecular weight excluding hydrogens is 422 g/mol. The van der Waals surface area contributed by atoms with Gasteiger partial charge in [0, 0.05) is 30.5 Å². The zero-order valence-electron chi connectivity index (χ0n) is 17.7. The predicted octanol–water partition coefficient (Wildman–Crippen LogP) is 5.02. The third kappa shape index (κ3) is 5.01. The van der Waals surface area contributed by atoms with Crippen molar-refractivity contribution in [1.29, 1.82) is 5.26 Å². The quantitative estimate of drug-likeness (QED) is 0.571. The number of halogens is 1. The molecular formula is C25H26ClN5O. The Hall–Kier alpha value is -3.14. The monoisotopic (exact) mass is 447 g/mol. The second-order valence-electron chi connectivity index (χ2n) is 8.38. The van der Waals surface area contributed by atoms with E-state index < -0.39 is 0 Å². The average molecular weight is 448 g/mol. The fourth-order valence-corrected chi connectivity index (χ4v) is 4.08. The van der Waals surface area contributed by atoms with E-state index in [9.17, 15) is 5.11 Å².